The summed E-state index contributed by atoms with van der Waals surface area (Å²) in [6.45, 7) is -0.0301. The fraction of sp³-hybridized carbons (Fsp3) is 0.467. The first-order valence-corrected chi connectivity index (χ1v) is 13.2. The first-order valence-electron chi connectivity index (χ1n) is 16.2. The van der Waals surface area contributed by atoms with Gasteiger partial charge in [0.25, 0.3) is 0 Å². The van der Waals surface area contributed by atoms with Crippen molar-refractivity contribution in [3.05, 3.63) is 47.4 Å². The number of esters is 1. The number of nitrogens with zero attached hydrogens (tertiary/aromatic N) is 6. The molecule has 0 bridgehead atoms. The smallest absolute Gasteiger partial charge is 0.343 e. The van der Waals surface area contributed by atoms with Crippen LogP contribution in [0.25, 0.3) is 0 Å². The lowest BCUT2D eigenvalue weighted by Crippen LogP contribution is -2.29. The molecule has 1 aliphatic heterocycles. The number of nitrogens with two attached hydrogens (primary N) is 1. The SMILES string of the molecule is [2H]C([2H])([2H])C1(C([2H])([2H])[2H])CN(c2nc(Nc3cc(N)c(N(C)CCN(C)C)cc3OC)ncc2C(=O)OC(C)C)c2ccc(C)nc21. The lowest BCUT2D eigenvalue weighted by atomic mass is 9.91. The van der Waals surface area contributed by atoms with E-state index in [4.69, 9.17) is 23.4 Å². The van der Waals surface area contributed by atoms with Crippen LogP contribution >= 0.6 is 0 Å². The zero-order valence-electron chi connectivity index (χ0n) is 30.6. The Morgan fingerprint density at radius 3 is 2.63 bits per heavy atom. The maximum Gasteiger partial charge on any atom is 0.343 e. The van der Waals surface area contributed by atoms with Crippen molar-refractivity contribution < 1.29 is 22.5 Å². The van der Waals surface area contributed by atoms with Gasteiger partial charge in [0, 0.05) is 58.3 Å². The van der Waals surface area contributed by atoms with E-state index < -0.39 is 37.7 Å². The number of aromatic nitrogens is 3. The van der Waals surface area contributed by atoms with E-state index in [2.05, 4.69) is 25.2 Å². The number of carbonyl (C=O) groups excluding carboxylic acids is 1. The number of fused-ring (bicyclic) bond motifs is 1. The fourth-order valence-corrected chi connectivity index (χ4v) is 4.50. The van der Waals surface area contributed by atoms with E-state index in [9.17, 15) is 4.79 Å². The van der Waals surface area contributed by atoms with E-state index in [1.54, 1.807) is 45.0 Å². The summed E-state index contributed by atoms with van der Waals surface area (Å²) in [7, 11) is 7.40. The largest absolute Gasteiger partial charge is 0.494 e. The van der Waals surface area contributed by atoms with Gasteiger partial charge in [0.2, 0.25) is 5.95 Å². The Labute approximate surface area is 251 Å². The molecule has 3 aromatic rings. The van der Waals surface area contributed by atoms with E-state index >= 15 is 0 Å². The van der Waals surface area contributed by atoms with Crippen LogP contribution in [0.5, 0.6) is 5.75 Å². The molecule has 0 amide bonds. The van der Waals surface area contributed by atoms with E-state index in [0.29, 0.717) is 29.4 Å². The maximum atomic E-state index is 13.3. The van der Waals surface area contributed by atoms with Gasteiger partial charge in [0.1, 0.15) is 11.3 Å². The van der Waals surface area contributed by atoms with Crippen LogP contribution in [0, 0.1) is 6.92 Å². The third kappa shape index (κ3) is 6.45. The number of nitrogen functional groups attached to an aromatic ring is 1. The fourth-order valence-electron chi connectivity index (χ4n) is 4.50. The summed E-state index contributed by atoms with van der Waals surface area (Å²) in [4.78, 5) is 32.2. The lowest BCUT2D eigenvalue weighted by Gasteiger charge is -2.25. The number of carbonyl (C=O) groups is 1. The standard InChI is InChI=1S/C30H42N8O3/c1-18(2)41-28(39)20-16-32-29(35-27(20)38-17-30(4,5)26-23(38)11-10-19(3)33-26)34-22-14-21(31)24(15-25(22)40-9)37(8)13-12-36(6)7/h10-11,14-16,18H,12-13,17,31H2,1-9H3,(H,32,34,35)/i4D3,5D3. The van der Waals surface area contributed by atoms with Crippen molar-refractivity contribution in [3.63, 3.8) is 0 Å². The predicted octanol–water partition coefficient (Wildman–Crippen LogP) is 4.51. The number of hydrogen-bond donors (Lipinski definition) is 2. The van der Waals surface area contributed by atoms with Crippen molar-refractivity contribution in [1.29, 1.82) is 0 Å². The van der Waals surface area contributed by atoms with Gasteiger partial charge in [-0.1, -0.05) is 13.7 Å². The highest BCUT2D eigenvalue weighted by Gasteiger charge is 2.39. The molecule has 41 heavy (non-hydrogen) atoms. The molecule has 0 saturated heterocycles. The minimum Gasteiger partial charge on any atom is -0.494 e. The van der Waals surface area contributed by atoms with E-state index in [0.717, 1.165) is 12.2 Å². The van der Waals surface area contributed by atoms with Crippen LogP contribution in [0.2, 0.25) is 0 Å². The topological polar surface area (TPSA) is 122 Å². The number of ether oxygens (including phenoxy) is 2. The second kappa shape index (κ2) is 11.8. The molecule has 220 valence electrons. The highest BCUT2D eigenvalue weighted by Crippen LogP contribution is 2.44. The summed E-state index contributed by atoms with van der Waals surface area (Å²) < 4.78 is 61.6. The Kier molecular flexibility index (Phi) is 6.48. The third-order valence-electron chi connectivity index (χ3n) is 6.58. The van der Waals surface area contributed by atoms with Gasteiger partial charge in [-0.25, -0.2) is 9.78 Å². The monoisotopic (exact) mass is 568 g/mol. The molecule has 3 N–H and O–H groups in total. The Bertz CT molecular complexity index is 1620. The van der Waals surface area contributed by atoms with Gasteiger partial charge in [0.05, 0.1) is 41.7 Å². The quantitative estimate of drug-likeness (QED) is 0.265. The molecule has 4 rings (SSSR count). The molecule has 11 nitrogen and oxygen atoms in total. The second-order valence-electron chi connectivity index (χ2n) is 10.7. The molecule has 0 unspecified atom stereocenters. The molecule has 0 saturated carbocycles. The van der Waals surface area contributed by atoms with Crippen LogP contribution in [0.1, 0.15) is 57.5 Å². The van der Waals surface area contributed by atoms with Gasteiger partial charge in [-0.3, -0.25) is 4.98 Å². The molecule has 1 aromatic carbocycles. The highest BCUT2D eigenvalue weighted by atomic mass is 16.5. The van der Waals surface area contributed by atoms with Crippen molar-refractivity contribution in [1.82, 2.24) is 19.9 Å². The maximum absolute atomic E-state index is 13.3. The normalized spacial score (nSPS) is 16.7. The van der Waals surface area contributed by atoms with Gasteiger partial charge >= 0.3 is 5.97 Å². The van der Waals surface area contributed by atoms with Crippen molar-refractivity contribution in [3.8, 4) is 5.75 Å². The number of aryl methyl sites for hydroxylation is 1. The zero-order valence-corrected chi connectivity index (χ0v) is 24.6. The Balaban J connectivity index is 1.86. The van der Waals surface area contributed by atoms with Crippen LogP contribution in [0.4, 0.5) is 34.5 Å². The Hall–Kier alpha value is -4.12. The molecule has 0 spiro atoms. The average molecular weight is 569 g/mol. The molecule has 1 aliphatic rings. The molecule has 3 heterocycles. The highest BCUT2D eigenvalue weighted by molar-refractivity contribution is 5.96. The minimum absolute atomic E-state index is 0.00870. The first-order chi connectivity index (χ1) is 21.8. The average Bonchev–Trinajstić information content (AvgIpc) is 3.31. The first kappa shape index (κ1) is 22.6. The van der Waals surface area contributed by atoms with Crippen LogP contribution in [-0.2, 0) is 10.2 Å². The summed E-state index contributed by atoms with van der Waals surface area (Å²) in [5.41, 5.74) is 6.12. The number of benzene rings is 1. The van der Waals surface area contributed by atoms with Crippen LogP contribution in [0.3, 0.4) is 0 Å². The predicted molar refractivity (Wildman–Crippen MR) is 164 cm³/mol. The lowest BCUT2D eigenvalue weighted by molar-refractivity contribution is 0.0378. The number of methoxy groups -OCH3 is 1. The zero-order chi connectivity index (χ0) is 35.1. The minimum atomic E-state index is -3.00. The molecule has 0 radical (unpaired) electrons. The van der Waals surface area contributed by atoms with Crippen LogP contribution in [-0.4, -0.2) is 79.8 Å². The van der Waals surface area contributed by atoms with Crippen molar-refractivity contribution in [2.24, 2.45) is 0 Å². The van der Waals surface area contributed by atoms with E-state index in [1.165, 1.54) is 18.2 Å². The second-order valence-corrected chi connectivity index (χ2v) is 10.7. The van der Waals surface area contributed by atoms with Crippen LogP contribution < -0.4 is 25.6 Å². The molecular formula is C30H42N8O3. The number of rotatable bonds is 10. The molecule has 0 aliphatic carbocycles. The Morgan fingerprint density at radius 1 is 1.22 bits per heavy atom. The summed E-state index contributed by atoms with van der Waals surface area (Å²) in [5.74, 6) is -0.374. The number of hydrogen-bond acceptors (Lipinski definition) is 11. The van der Waals surface area contributed by atoms with Crippen LogP contribution in [0.15, 0.2) is 30.5 Å². The number of pyridine rings is 1. The summed E-state index contributed by atoms with van der Waals surface area (Å²) in [6.07, 6.45) is 0.759. The van der Waals surface area contributed by atoms with Gasteiger partial charge in [-0.15, -0.1) is 0 Å². The number of anilines is 6. The molecule has 0 atom stereocenters. The summed E-state index contributed by atoms with van der Waals surface area (Å²) in [5, 5.41) is 3.10. The molecule has 0 fully saturated rings. The third-order valence-corrected chi connectivity index (χ3v) is 6.58. The van der Waals surface area contributed by atoms with Gasteiger partial charge in [0.15, 0.2) is 5.82 Å². The van der Waals surface area contributed by atoms with Crippen molar-refractivity contribution in [2.75, 3.05) is 68.7 Å². The Morgan fingerprint density at radius 2 is 1.98 bits per heavy atom. The molecule has 2 aromatic heterocycles. The van der Waals surface area contributed by atoms with Gasteiger partial charge in [-0.05, 0) is 53.1 Å². The summed E-state index contributed by atoms with van der Waals surface area (Å²) >= 11 is 0. The van der Waals surface area contributed by atoms with E-state index in [-0.39, 0.29) is 28.7 Å². The van der Waals surface area contributed by atoms with Crippen molar-refractivity contribution in [2.45, 2.75) is 46.0 Å². The molecular weight excluding hydrogens is 520 g/mol. The van der Waals surface area contributed by atoms with E-state index in [1.807, 2.05) is 26.0 Å². The molecule has 11 heteroatoms. The number of nitrogens with one attached hydrogen (secondary N) is 1. The van der Waals surface area contributed by atoms with Gasteiger partial charge in [-0.2, -0.15) is 4.98 Å². The van der Waals surface area contributed by atoms with Crippen molar-refractivity contribution >= 4 is 40.5 Å². The summed E-state index contributed by atoms with van der Waals surface area (Å²) in [6, 6.07) is 6.68. The van der Waals surface area contributed by atoms with Gasteiger partial charge < -0.3 is 35.2 Å². The number of likely N-dealkylation sites (N-methyl/N-ethyl adjacent to an activating group) is 2.